The summed E-state index contributed by atoms with van der Waals surface area (Å²) in [4.78, 5) is 56.3. The number of amides is 2. The molecule has 4 fully saturated rings. The van der Waals surface area contributed by atoms with Crippen molar-refractivity contribution in [1.82, 2.24) is 14.8 Å². The molecule has 3 saturated heterocycles. The molecule has 1 saturated carbocycles. The minimum Gasteiger partial charge on any atom is -0.337 e. The van der Waals surface area contributed by atoms with Gasteiger partial charge >= 0.3 is 0 Å². The van der Waals surface area contributed by atoms with Crippen molar-refractivity contribution < 1.29 is 14.4 Å². The summed E-state index contributed by atoms with van der Waals surface area (Å²) >= 11 is 0. The lowest BCUT2D eigenvalue weighted by atomic mass is 9.94. The van der Waals surface area contributed by atoms with Gasteiger partial charge in [0.25, 0.3) is 11.5 Å². The number of pyridine rings is 1. The third kappa shape index (κ3) is 3.31. The van der Waals surface area contributed by atoms with Gasteiger partial charge in [0, 0.05) is 36.9 Å². The summed E-state index contributed by atoms with van der Waals surface area (Å²) in [6.07, 6.45) is 4.04. The SMILES string of the molecule is CC(=O)c1cc(C(=O)N2C[C@@H]3CC[C@H](C2)N(CC2CC2)C3=O)c(=O)[nH]c1C. The Morgan fingerprint density at radius 2 is 1.85 bits per heavy atom. The number of carbonyl (C=O) groups excluding carboxylic acids is 3. The molecule has 2 atom stereocenters. The Morgan fingerprint density at radius 1 is 1.11 bits per heavy atom. The molecule has 1 aliphatic carbocycles. The Balaban J connectivity index is 1.61. The smallest absolute Gasteiger partial charge is 0.261 e. The van der Waals surface area contributed by atoms with Crippen LogP contribution in [0.1, 0.15) is 59.0 Å². The average Bonchev–Trinajstić information content (AvgIpc) is 3.44. The Bertz CT molecular complexity index is 870. The van der Waals surface area contributed by atoms with E-state index < -0.39 is 11.5 Å². The van der Waals surface area contributed by atoms with Crippen molar-refractivity contribution >= 4 is 17.6 Å². The first-order valence-electron chi connectivity index (χ1n) is 9.69. The number of aromatic amines is 1. The van der Waals surface area contributed by atoms with E-state index in [1.54, 1.807) is 11.8 Å². The zero-order chi connectivity index (χ0) is 19.3. The van der Waals surface area contributed by atoms with E-state index in [9.17, 15) is 19.2 Å². The highest BCUT2D eigenvalue weighted by atomic mass is 16.2. The molecule has 1 aromatic heterocycles. The van der Waals surface area contributed by atoms with Crippen LogP contribution in [0.5, 0.6) is 0 Å². The maximum absolute atomic E-state index is 13.1. The molecular formula is C20H25N3O4. The van der Waals surface area contributed by atoms with Gasteiger partial charge in [0.2, 0.25) is 5.91 Å². The van der Waals surface area contributed by atoms with Crippen LogP contribution < -0.4 is 5.56 Å². The van der Waals surface area contributed by atoms with Gasteiger partial charge < -0.3 is 14.8 Å². The summed E-state index contributed by atoms with van der Waals surface area (Å²) in [5, 5.41) is 0. The van der Waals surface area contributed by atoms with Crippen molar-refractivity contribution in [3.8, 4) is 0 Å². The van der Waals surface area contributed by atoms with Crippen LogP contribution in [0, 0.1) is 18.8 Å². The van der Waals surface area contributed by atoms with Crippen LogP contribution in [-0.4, -0.2) is 58.1 Å². The summed E-state index contributed by atoms with van der Waals surface area (Å²) in [5.41, 5.74) is 0.307. The molecule has 0 radical (unpaired) electrons. The van der Waals surface area contributed by atoms with E-state index in [-0.39, 0.29) is 29.2 Å². The van der Waals surface area contributed by atoms with E-state index in [0.29, 0.717) is 30.3 Å². The van der Waals surface area contributed by atoms with Crippen LogP contribution in [0.3, 0.4) is 0 Å². The summed E-state index contributed by atoms with van der Waals surface area (Å²) in [6.45, 7) is 4.65. The number of nitrogens with zero attached hydrogens (tertiary/aromatic N) is 2. The monoisotopic (exact) mass is 371 g/mol. The van der Waals surface area contributed by atoms with Gasteiger partial charge in [-0.2, -0.15) is 0 Å². The first-order chi connectivity index (χ1) is 12.8. The molecule has 7 nitrogen and oxygen atoms in total. The molecule has 5 rings (SSSR count). The van der Waals surface area contributed by atoms with Gasteiger partial charge in [-0.15, -0.1) is 0 Å². The fourth-order valence-electron chi connectivity index (χ4n) is 4.34. The third-order valence-electron chi connectivity index (χ3n) is 6.08. The first kappa shape index (κ1) is 17.9. The van der Waals surface area contributed by atoms with Gasteiger partial charge in [-0.25, -0.2) is 0 Å². The molecule has 1 aromatic rings. The van der Waals surface area contributed by atoms with Crippen molar-refractivity contribution in [3.63, 3.8) is 0 Å². The number of fused-ring (bicyclic) bond motifs is 4. The van der Waals surface area contributed by atoms with Gasteiger partial charge in [0.1, 0.15) is 5.56 Å². The maximum atomic E-state index is 13.1. The number of aromatic nitrogens is 1. The molecule has 4 heterocycles. The molecule has 3 aliphatic heterocycles. The number of nitrogens with one attached hydrogen (secondary N) is 1. The van der Waals surface area contributed by atoms with Crippen molar-refractivity contribution in [2.24, 2.45) is 11.8 Å². The van der Waals surface area contributed by atoms with Crippen LogP contribution in [-0.2, 0) is 4.79 Å². The summed E-state index contributed by atoms with van der Waals surface area (Å²) in [5.74, 6) is -0.0225. The topological polar surface area (TPSA) is 90.6 Å². The van der Waals surface area contributed by atoms with E-state index in [1.165, 1.54) is 25.8 Å². The van der Waals surface area contributed by atoms with Crippen LogP contribution in [0.4, 0.5) is 0 Å². The molecule has 7 heteroatoms. The van der Waals surface area contributed by atoms with E-state index in [4.69, 9.17) is 0 Å². The number of rotatable bonds is 4. The highest BCUT2D eigenvalue weighted by molar-refractivity contribution is 6.00. The number of carbonyl (C=O) groups is 3. The number of aryl methyl sites for hydroxylation is 1. The van der Waals surface area contributed by atoms with Crippen molar-refractivity contribution in [2.45, 2.75) is 45.6 Å². The number of hydrogen-bond acceptors (Lipinski definition) is 4. The van der Waals surface area contributed by atoms with E-state index in [2.05, 4.69) is 4.98 Å². The minimum atomic E-state index is -0.486. The first-order valence-corrected chi connectivity index (χ1v) is 9.69. The van der Waals surface area contributed by atoms with E-state index in [1.807, 2.05) is 4.90 Å². The second-order valence-corrected chi connectivity index (χ2v) is 8.18. The molecule has 4 aliphatic rings. The molecule has 2 amide bonds. The number of Topliss-reactive ketones (excluding diaryl/α,β-unsaturated/α-hetero) is 1. The Labute approximate surface area is 157 Å². The minimum absolute atomic E-state index is 0.0201. The molecule has 0 spiro atoms. The van der Waals surface area contributed by atoms with Crippen molar-refractivity contribution in [2.75, 3.05) is 19.6 Å². The maximum Gasteiger partial charge on any atom is 0.261 e. The predicted molar refractivity (Wildman–Crippen MR) is 98.7 cm³/mol. The summed E-state index contributed by atoms with van der Waals surface area (Å²) in [6, 6.07) is 1.42. The highest BCUT2D eigenvalue weighted by Crippen LogP contribution is 2.35. The molecule has 0 unspecified atom stereocenters. The van der Waals surface area contributed by atoms with Crippen molar-refractivity contribution in [1.29, 1.82) is 0 Å². The van der Waals surface area contributed by atoms with Crippen LogP contribution >= 0.6 is 0 Å². The zero-order valence-electron chi connectivity index (χ0n) is 15.8. The quantitative estimate of drug-likeness (QED) is 0.809. The average molecular weight is 371 g/mol. The lowest BCUT2D eigenvalue weighted by Gasteiger charge is -2.36. The Kier molecular flexibility index (Phi) is 4.40. The lowest BCUT2D eigenvalue weighted by Crippen LogP contribution is -2.48. The Morgan fingerprint density at radius 3 is 2.52 bits per heavy atom. The van der Waals surface area contributed by atoms with E-state index in [0.717, 1.165) is 19.4 Å². The highest BCUT2D eigenvalue weighted by Gasteiger charge is 2.43. The largest absolute Gasteiger partial charge is 0.337 e. The Hall–Kier alpha value is -2.44. The lowest BCUT2D eigenvalue weighted by molar-refractivity contribution is -0.140. The molecular weight excluding hydrogens is 346 g/mol. The molecule has 2 bridgehead atoms. The summed E-state index contributed by atoms with van der Waals surface area (Å²) in [7, 11) is 0. The summed E-state index contributed by atoms with van der Waals surface area (Å²) < 4.78 is 0. The molecule has 27 heavy (non-hydrogen) atoms. The second kappa shape index (κ2) is 6.62. The zero-order valence-corrected chi connectivity index (χ0v) is 15.8. The fraction of sp³-hybridized carbons (Fsp3) is 0.600. The van der Waals surface area contributed by atoms with Crippen LogP contribution in [0.25, 0.3) is 0 Å². The molecule has 144 valence electrons. The van der Waals surface area contributed by atoms with Crippen molar-refractivity contribution in [3.05, 3.63) is 33.2 Å². The van der Waals surface area contributed by atoms with E-state index >= 15 is 0 Å². The predicted octanol–water partition coefficient (Wildman–Crippen LogP) is 1.36. The van der Waals surface area contributed by atoms with Gasteiger partial charge in [0.15, 0.2) is 5.78 Å². The third-order valence-corrected chi connectivity index (χ3v) is 6.08. The van der Waals surface area contributed by atoms with Gasteiger partial charge in [-0.3, -0.25) is 19.2 Å². The number of H-pyrrole nitrogens is 1. The molecule has 1 N–H and O–H groups in total. The number of ketones is 1. The van der Waals surface area contributed by atoms with Crippen LogP contribution in [0.15, 0.2) is 10.9 Å². The van der Waals surface area contributed by atoms with Gasteiger partial charge in [-0.05, 0) is 51.5 Å². The second-order valence-electron chi connectivity index (χ2n) is 8.18. The number of piperidine rings is 1. The van der Waals surface area contributed by atoms with Crippen LogP contribution in [0.2, 0.25) is 0 Å². The fourth-order valence-corrected chi connectivity index (χ4v) is 4.34. The normalized spacial score (nSPS) is 24.9. The molecule has 0 aromatic carbocycles. The number of hydrogen-bond donors (Lipinski definition) is 1. The van der Waals surface area contributed by atoms with Gasteiger partial charge in [0.05, 0.1) is 5.92 Å². The standard InChI is InChI=1S/C20H25N3O4/c1-11-16(12(2)24)7-17(18(25)21-11)20(27)22-9-14-5-6-15(10-22)23(19(14)26)8-13-3-4-13/h7,13-15H,3-6,8-10H2,1-2H3,(H,21,25)/t14-,15+/m0/s1. The van der Waals surface area contributed by atoms with Gasteiger partial charge in [-0.1, -0.05) is 0 Å².